The highest BCUT2D eigenvalue weighted by atomic mass is 16.6. The summed E-state index contributed by atoms with van der Waals surface area (Å²) in [4.78, 5) is 87.7. The van der Waals surface area contributed by atoms with Gasteiger partial charge in [-0.2, -0.15) is 0 Å². The molecule has 6 amide bonds. The number of amides is 6. The van der Waals surface area contributed by atoms with Crippen LogP contribution in [0.25, 0.3) is 11.4 Å². The van der Waals surface area contributed by atoms with Crippen LogP contribution < -0.4 is 30.7 Å². The van der Waals surface area contributed by atoms with Crippen LogP contribution >= 0.6 is 0 Å². The summed E-state index contributed by atoms with van der Waals surface area (Å²) in [6.07, 6.45) is 11.6. The number of hydrogen-bond acceptors (Lipinski definition) is 16. The van der Waals surface area contributed by atoms with E-state index >= 15 is 0 Å². The second-order valence-corrected chi connectivity index (χ2v) is 22.6. The molecule has 4 aliphatic heterocycles. The summed E-state index contributed by atoms with van der Waals surface area (Å²) in [6.45, 7) is 10.8. The molecular weight excluding hydrogens is 1080 g/mol. The summed E-state index contributed by atoms with van der Waals surface area (Å²) in [7, 11) is 0. The standard InChI is InChI=1S/C62H78N10O12/c1-61(2,3)84-60(78)71-29-25-62(26-30-71,59-67-55(69-70-59)42-22-27-63-28-23-42)68-44-14-11-13-43(39-44)56(75)65-50-24-34-83-52-20-18-45(40-47(50)52)82-33-10-5-4-8-31-79-35-37-81-38-36-80-32-9-6-7-17-53(73)64-49-16-12-15-46-48(49)41-72(58(46)77)51-19-21-54(74)66-57(51)76/h11-16,18,20,22-23,27-28,39-40,50-51,68H,4-10,17,19,21,24-26,29-38,41H2,1-3H3,(H,64,73)(H,65,75)(H,66,74,76)(H,67,69,70)/t50-,51?/m0/s1. The molecule has 0 bridgehead atoms. The fourth-order valence-electron chi connectivity index (χ4n) is 10.8. The Bertz CT molecular complexity index is 3070. The second kappa shape index (κ2) is 29.0. The highest BCUT2D eigenvalue weighted by molar-refractivity contribution is 6.07. The Morgan fingerprint density at radius 1 is 0.786 bits per heavy atom. The number of fused-ring (bicyclic) bond motifs is 2. The van der Waals surface area contributed by atoms with Crippen molar-refractivity contribution >= 4 is 47.0 Å². The van der Waals surface area contributed by atoms with Gasteiger partial charge in [-0.25, -0.2) is 4.79 Å². The molecule has 9 rings (SSSR count). The maximum absolute atomic E-state index is 14.0. The zero-order chi connectivity index (χ0) is 58.9. The molecule has 2 aromatic heterocycles. The predicted octanol–water partition coefficient (Wildman–Crippen LogP) is 8.41. The lowest BCUT2D eigenvalue weighted by atomic mass is 9.86. The van der Waals surface area contributed by atoms with Gasteiger partial charge in [0, 0.05) is 104 Å². The molecule has 1 unspecified atom stereocenters. The molecule has 5 aromatic rings. The molecule has 2 atom stereocenters. The van der Waals surface area contributed by atoms with Gasteiger partial charge in [0.15, 0.2) is 11.6 Å². The number of ether oxygens (including phenoxy) is 6. The minimum Gasteiger partial charge on any atom is -0.494 e. The third-order valence-corrected chi connectivity index (χ3v) is 15.2. The molecule has 2 saturated heterocycles. The Hall–Kier alpha value is -7.95. The van der Waals surface area contributed by atoms with E-state index in [1.807, 2.05) is 69.3 Å². The van der Waals surface area contributed by atoms with Gasteiger partial charge in [-0.3, -0.25) is 34.3 Å². The van der Waals surface area contributed by atoms with Gasteiger partial charge < -0.3 is 59.2 Å². The lowest BCUT2D eigenvalue weighted by Gasteiger charge is -2.41. The van der Waals surface area contributed by atoms with E-state index in [1.54, 1.807) is 41.6 Å². The number of H-pyrrole nitrogens is 1. The number of rotatable bonds is 28. The topological polar surface area (TPSA) is 267 Å². The fraction of sp³-hybridized carbons (Fsp3) is 0.500. The van der Waals surface area contributed by atoms with Crippen LogP contribution in [0.1, 0.15) is 148 Å². The summed E-state index contributed by atoms with van der Waals surface area (Å²) >= 11 is 0. The van der Waals surface area contributed by atoms with Gasteiger partial charge in [-0.05, 0) is 133 Å². The maximum Gasteiger partial charge on any atom is 0.410 e. The lowest BCUT2D eigenvalue weighted by molar-refractivity contribution is -0.137. The number of unbranched alkanes of at least 4 members (excludes halogenated alkanes) is 5. The normalized spacial score (nSPS) is 17.4. The third-order valence-electron chi connectivity index (χ3n) is 15.2. The van der Waals surface area contributed by atoms with E-state index in [-0.39, 0.29) is 55.2 Å². The van der Waals surface area contributed by atoms with Crippen LogP contribution in [-0.2, 0) is 45.4 Å². The van der Waals surface area contributed by atoms with Gasteiger partial charge in [0.05, 0.1) is 45.7 Å². The van der Waals surface area contributed by atoms with Gasteiger partial charge in [0.1, 0.15) is 28.7 Å². The number of imide groups is 1. The van der Waals surface area contributed by atoms with Crippen molar-refractivity contribution in [3.05, 3.63) is 113 Å². The predicted molar refractivity (Wildman–Crippen MR) is 311 cm³/mol. The van der Waals surface area contributed by atoms with E-state index in [1.165, 1.54) is 4.90 Å². The first-order valence-corrected chi connectivity index (χ1v) is 29.4. The second-order valence-electron chi connectivity index (χ2n) is 22.6. The van der Waals surface area contributed by atoms with Crippen LogP contribution in [0.3, 0.4) is 0 Å². The van der Waals surface area contributed by atoms with Crippen LogP contribution in [0.15, 0.2) is 85.2 Å². The van der Waals surface area contributed by atoms with Crippen molar-refractivity contribution < 1.29 is 57.2 Å². The zero-order valence-electron chi connectivity index (χ0n) is 48.3. The monoisotopic (exact) mass is 1150 g/mol. The van der Waals surface area contributed by atoms with E-state index in [9.17, 15) is 28.8 Å². The molecule has 84 heavy (non-hydrogen) atoms. The fourth-order valence-corrected chi connectivity index (χ4v) is 10.8. The summed E-state index contributed by atoms with van der Waals surface area (Å²) in [5, 5.41) is 21.3. The number of benzene rings is 3. The minimum atomic E-state index is -0.737. The van der Waals surface area contributed by atoms with Gasteiger partial charge in [0.25, 0.3) is 11.8 Å². The van der Waals surface area contributed by atoms with E-state index in [4.69, 9.17) is 28.4 Å². The van der Waals surface area contributed by atoms with Gasteiger partial charge in [-0.15, -0.1) is 10.2 Å². The van der Waals surface area contributed by atoms with Gasteiger partial charge in [0.2, 0.25) is 17.7 Å². The molecule has 22 heteroatoms. The molecule has 0 radical (unpaired) electrons. The summed E-state index contributed by atoms with van der Waals surface area (Å²) in [5.74, 6) is 1.22. The van der Waals surface area contributed by atoms with Crippen molar-refractivity contribution in [3.8, 4) is 22.9 Å². The minimum absolute atomic E-state index is 0.142. The van der Waals surface area contributed by atoms with Crippen LogP contribution in [0, 0.1) is 0 Å². The molecule has 0 aliphatic carbocycles. The number of carbonyl (C=O) groups excluding carboxylic acids is 6. The number of anilines is 2. The number of aromatic amines is 1. The molecule has 5 N–H and O–H groups in total. The lowest BCUT2D eigenvalue weighted by Crippen LogP contribution is -2.52. The number of piperidine rings is 2. The SMILES string of the molecule is CC(C)(C)OC(=O)N1CCC(Nc2cccc(C(=O)N[C@H]3CCOc4ccc(OCCCCCCOCCOCCOCCCCCC(=O)Nc5cccc6c5CN(C5CCC(=O)NC5=O)C6=O)cc43)c2)(c2nnc(-c3ccncc3)[nH]2)CC1. The molecule has 448 valence electrons. The summed E-state index contributed by atoms with van der Waals surface area (Å²) < 4.78 is 35.0. The van der Waals surface area contributed by atoms with Crippen molar-refractivity contribution in [1.82, 2.24) is 40.6 Å². The van der Waals surface area contributed by atoms with E-state index in [2.05, 4.69) is 41.4 Å². The zero-order valence-corrected chi connectivity index (χ0v) is 48.3. The van der Waals surface area contributed by atoms with Gasteiger partial charge in [-0.1, -0.05) is 25.0 Å². The molecule has 22 nitrogen and oxygen atoms in total. The van der Waals surface area contributed by atoms with Crippen molar-refractivity contribution in [1.29, 1.82) is 0 Å². The Morgan fingerprint density at radius 2 is 1.50 bits per heavy atom. The molecule has 0 saturated carbocycles. The average Bonchev–Trinajstić information content (AvgIpc) is 2.63. The highest BCUT2D eigenvalue weighted by Crippen LogP contribution is 2.38. The van der Waals surface area contributed by atoms with Crippen molar-refractivity contribution in [2.75, 3.05) is 76.6 Å². The largest absolute Gasteiger partial charge is 0.494 e. The first kappa shape index (κ1) is 60.6. The van der Waals surface area contributed by atoms with E-state index in [0.29, 0.717) is 132 Å². The van der Waals surface area contributed by atoms with E-state index in [0.717, 1.165) is 66.8 Å². The van der Waals surface area contributed by atoms with Crippen LogP contribution in [0.4, 0.5) is 16.2 Å². The number of aromatic nitrogens is 4. The van der Waals surface area contributed by atoms with Crippen molar-refractivity contribution in [3.63, 3.8) is 0 Å². The Morgan fingerprint density at radius 3 is 2.24 bits per heavy atom. The Labute approximate surface area is 489 Å². The number of likely N-dealkylation sites (tertiary alicyclic amines) is 1. The molecule has 4 aliphatic rings. The summed E-state index contributed by atoms with van der Waals surface area (Å²) in [6, 6.07) is 21.1. The van der Waals surface area contributed by atoms with Crippen LogP contribution in [-0.4, -0.2) is 143 Å². The molecule has 6 heterocycles. The summed E-state index contributed by atoms with van der Waals surface area (Å²) in [5.41, 5.74) is 3.27. The smallest absolute Gasteiger partial charge is 0.410 e. The molecule has 0 spiro atoms. The molecule has 3 aromatic carbocycles. The number of nitrogens with one attached hydrogen (secondary N) is 5. The van der Waals surface area contributed by atoms with Crippen LogP contribution in [0.2, 0.25) is 0 Å². The van der Waals surface area contributed by atoms with Crippen molar-refractivity contribution in [2.24, 2.45) is 0 Å². The first-order chi connectivity index (χ1) is 40.7. The van der Waals surface area contributed by atoms with Crippen molar-refractivity contribution in [2.45, 2.75) is 134 Å². The number of nitrogens with zero attached hydrogens (tertiary/aromatic N) is 5. The molecule has 2 fully saturated rings. The highest BCUT2D eigenvalue weighted by Gasteiger charge is 2.43. The number of hydrogen-bond donors (Lipinski definition) is 5. The number of carbonyl (C=O) groups is 6. The first-order valence-electron chi connectivity index (χ1n) is 29.4. The average molecular weight is 1160 g/mol. The molecular formula is C62H78N10O12. The number of pyridine rings is 1. The maximum atomic E-state index is 14.0. The van der Waals surface area contributed by atoms with Gasteiger partial charge >= 0.3 is 6.09 Å². The Balaban J connectivity index is 0.617. The van der Waals surface area contributed by atoms with E-state index < -0.39 is 23.1 Å². The third kappa shape index (κ3) is 16.4. The Kier molecular flexibility index (Phi) is 21.0. The quantitative estimate of drug-likeness (QED) is 0.0232. The van der Waals surface area contributed by atoms with Crippen LogP contribution in [0.5, 0.6) is 11.5 Å².